The average molecular weight is 151 g/mol. The van der Waals surface area contributed by atoms with Crippen LogP contribution in [0.2, 0.25) is 0 Å². The minimum Gasteiger partial charge on any atom is -0.392 e. The Morgan fingerprint density at radius 3 is 2.64 bits per heavy atom. The quantitative estimate of drug-likeness (QED) is 0.348. The van der Waals surface area contributed by atoms with Crippen LogP contribution in [-0.2, 0) is 9.53 Å². The molecule has 0 spiro atoms. The topological polar surface area (TPSA) is 56.3 Å². The number of esters is 1. The predicted octanol–water partition coefficient (Wildman–Crippen LogP) is 0.395. The van der Waals surface area contributed by atoms with Crippen molar-refractivity contribution in [3.05, 3.63) is 30.1 Å². The lowest BCUT2D eigenvalue weighted by atomic mass is 10.3. The van der Waals surface area contributed by atoms with E-state index in [2.05, 4.69) is 9.72 Å². The third-order valence-electron chi connectivity index (χ3n) is 1.07. The molecule has 0 bridgehead atoms. The number of hydrogen-bond donors (Lipinski definition) is 0. The van der Waals surface area contributed by atoms with Gasteiger partial charge in [-0.2, -0.15) is 0 Å². The highest BCUT2D eigenvalue weighted by molar-refractivity contribution is 5.92. The molecule has 0 aliphatic heterocycles. The lowest BCUT2D eigenvalue weighted by Crippen LogP contribution is -2.02. The molecule has 0 amide bonds. The van der Waals surface area contributed by atoms with Gasteiger partial charge < -0.3 is 4.74 Å². The molecule has 0 aromatic carbocycles. The van der Waals surface area contributed by atoms with Crippen LogP contribution in [0.15, 0.2) is 24.5 Å². The van der Waals surface area contributed by atoms with E-state index in [0.29, 0.717) is 5.56 Å². The van der Waals surface area contributed by atoms with Crippen molar-refractivity contribution < 1.29 is 14.3 Å². The van der Waals surface area contributed by atoms with Gasteiger partial charge >= 0.3 is 12.4 Å². The molecular formula is C7H5NO3. The van der Waals surface area contributed by atoms with E-state index in [1.165, 1.54) is 24.5 Å². The molecule has 1 aromatic heterocycles. The van der Waals surface area contributed by atoms with Crippen molar-refractivity contribution >= 4 is 12.4 Å². The Morgan fingerprint density at radius 2 is 2.09 bits per heavy atom. The third-order valence-corrected chi connectivity index (χ3v) is 1.07. The summed E-state index contributed by atoms with van der Waals surface area (Å²) in [6.45, 7) is 0.1000. The first-order valence-electron chi connectivity index (χ1n) is 2.89. The van der Waals surface area contributed by atoms with E-state index in [1.807, 2.05) is 0 Å². The van der Waals surface area contributed by atoms with Crippen LogP contribution < -0.4 is 0 Å². The van der Waals surface area contributed by atoms with Crippen LogP contribution in [0, 0.1) is 0 Å². The summed E-state index contributed by atoms with van der Waals surface area (Å²) in [5.74, 6) is -0.664. The molecule has 56 valence electrons. The highest BCUT2D eigenvalue weighted by Crippen LogP contribution is 1.97. The number of carbonyl (C=O) groups excluding carboxylic acids is 2. The van der Waals surface area contributed by atoms with Crippen molar-refractivity contribution in [1.82, 2.24) is 4.98 Å². The zero-order valence-electron chi connectivity index (χ0n) is 5.56. The predicted molar refractivity (Wildman–Crippen MR) is 35.7 cm³/mol. The van der Waals surface area contributed by atoms with Crippen molar-refractivity contribution in [1.29, 1.82) is 0 Å². The zero-order chi connectivity index (χ0) is 8.10. The van der Waals surface area contributed by atoms with Gasteiger partial charge in [-0.05, 0) is 12.1 Å². The Kier molecular flexibility index (Phi) is 2.32. The van der Waals surface area contributed by atoms with Gasteiger partial charge in [0, 0.05) is 12.4 Å². The maximum absolute atomic E-state index is 10.8. The van der Waals surface area contributed by atoms with E-state index in [-0.39, 0.29) is 6.47 Å². The van der Waals surface area contributed by atoms with E-state index in [9.17, 15) is 9.59 Å². The SMILES string of the molecule is O=COC(=O)c1ccncc1. The van der Waals surface area contributed by atoms with Crippen LogP contribution >= 0.6 is 0 Å². The minimum absolute atomic E-state index is 0.1000. The van der Waals surface area contributed by atoms with Gasteiger partial charge in [0.05, 0.1) is 5.56 Å². The van der Waals surface area contributed by atoms with Crippen molar-refractivity contribution in [2.45, 2.75) is 0 Å². The lowest BCUT2D eigenvalue weighted by Gasteiger charge is -1.93. The molecule has 4 heteroatoms. The van der Waals surface area contributed by atoms with Crippen LogP contribution in [0.5, 0.6) is 0 Å². The first-order valence-corrected chi connectivity index (χ1v) is 2.89. The molecule has 0 radical (unpaired) electrons. The fourth-order valence-corrected chi connectivity index (χ4v) is 0.600. The average Bonchev–Trinajstić information content (AvgIpc) is 2.07. The molecule has 0 saturated heterocycles. The number of ether oxygens (including phenoxy) is 1. The van der Waals surface area contributed by atoms with Gasteiger partial charge in [-0.15, -0.1) is 0 Å². The molecule has 0 N–H and O–H groups in total. The summed E-state index contributed by atoms with van der Waals surface area (Å²) in [5.41, 5.74) is 0.312. The van der Waals surface area contributed by atoms with E-state index in [4.69, 9.17) is 0 Å². The van der Waals surface area contributed by atoms with E-state index >= 15 is 0 Å². The van der Waals surface area contributed by atoms with Gasteiger partial charge in [-0.3, -0.25) is 9.78 Å². The molecule has 1 rings (SSSR count). The van der Waals surface area contributed by atoms with Gasteiger partial charge in [0.25, 0.3) is 0 Å². The maximum atomic E-state index is 10.8. The van der Waals surface area contributed by atoms with Gasteiger partial charge in [0.15, 0.2) is 0 Å². The Morgan fingerprint density at radius 1 is 1.45 bits per heavy atom. The lowest BCUT2D eigenvalue weighted by molar-refractivity contribution is -0.123. The number of hydrogen-bond acceptors (Lipinski definition) is 4. The number of rotatable bonds is 2. The summed E-state index contributed by atoms with van der Waals surface area (Å²) in [6, 6.07) is 2.93. The molecule has 1 aromatic rings. The van der Waals surface area contributed by atoms with E-state index in [0.717, 1.165) is 0 Å². The summed E-state index contributed by atoms with van der Waals surface area (Å²) >= 11 is 0. The van der Waals surface area contributed by atoms with Crippen molar-refractivity contribution in [3.63, 3.8) is 0 Å². The Balaban J connectivity index is 2.77. The van der Waals surface area contributed by atoms with Crippen LogP contribution in [0.4, 0.5) is 0 Å². The normalized spacial score (nSPS) is 8.73. The van der Waals surface area contributed by atoms with Crippen LogP contribution in [0.1, 0.15) is 10.4 Å². The Bertz CT molecular complexity index is 258. The maximum Gasteiger partial charge on any atom is 0.345 e. The van der Waals surface area contributed by atoms with Gasteiger partial charge in [-0.1, -0.05) is 0 Å². The number of nitrogens with zero attached hydrogens (tertiary/aromatic N) is 1. The molecule has 0 fully saturated rings. The molecule has 11 heavy (non-hydrogen) atoms. The van der Waals surface area contributed by atoms with Gasteiger partial charge in [-0.25, -0.2) is 4.79 Å². The smallest absolute Gasteiger partial charge is 0.345 e. The van der Waals surface area contributed by atoms with Crippen molar-refractivity contribution in [2.75, 3.05) is 0 Å². The Hall–Kier alpha value is -1.71. The van der Waals surface area contributed by atoms with Crippen LogP contribution in [-0.4, -0.2) is 17.4 Å². The largest absolute Gasteiger partial charge is 0.392 e. The van der Waals surface area contributed by atoms with Crippen LogP contribution in [0.3, 0.4) is 0 Å². The fourth-order valence-electron chi connectivity index (χ4n) is 0.600. The second kappa shape index (κ2) is 3.46. The summed E-state index contributed by atoms with van der Waals surface area (Å²) in [5, 5.41) is 0. The summed E-state index contributed by atoms with van der Waals surface area (Å²) in [7, 11) is 0. The summed E-state index contributed by atoms with van der Waals surface area (Å²) < 4.78 is 4.08. The van der Waals surface area contributed by atoms with Gasteiger partial charge in [0.2, 0.25) is 0 Å². The second-order valence-electron chi connectivity index (χ2n) is 1.74. The monoisotopic (exact) mass is 151 g/mol. The number of aromatic nitrogens is 1. The van der Waals surface area contributed by atoms with Crippen molar-refractivity contribution in [3.8, 4) is 0 Å². The fraction of sp³-hybridized carbons (Fsp3) is 0. The van der Waals surface area contributed by atoms with E-state index in [1.54, 1.807) is 0 Å². The van der Waals surface area contributed by atoms with Gasteiger partial charge in [0.1, 0.15) is 0 Å². The first kappa shape index (κ1) is 7.40. The Labute approximate surface area is 62.8 Å². The zero-order valence-corrected chi connectivity index (χ0v) is 5.56. The molecule has 4 nitrogen and oxygen atoms in total. The molecule has 0 aliphatic rings. The molecule has 0 atom stereocenters. The van der Waals surface area contributed by atoms with E-state index < -0.39 is 5.97 Å². The minimum atomic E-state index is -0.664. The number of carbonyl (C=O) groups is 2. The molecule has 0 saturated carbocycles. The summed E-state index contributed by atoms with van der Waals surface area (Å²) in [6.07, 6.45) is 2.89. The number of pyridine rings is 1. The molecule has 0 unspecified atom stereocenters. The molecule has 0 aliphatic carbocycles. The first-order chi connectivity index (χ1) is 5.34. The third kappa shape index (κ3) is 1.86. The second-order valence-corrected chi connectivity index (χ2v) is 1.74. The highest BCUT2D eigenvalue weighted by Gasteiger charge is 2.03. The highest BCUT2D eigenvalue weighted by atomic mass is 16.6. The summed E-state index contributed by atoms with van der Waals surface area (Å²) in [4.78, 5) is 24.2. The van der Waals surface area contributed by atoms with Crippen LogP contribution in [0.25, 0.3) is 0 Å². The molecule has 1 heterocycles. The standard InChI is InChI=1S/C7H5NO3/c9-5-11-7(10)6-1-3-8-4-2-6/h1-5H. The van der Waals surface area contributed by atoms with Crippen molar-refractivity contribution in [2.24, 2.45) is 0 Å². The molecular weight excluding hydrogens is 146 g/mol.